The van der Waals surface area contributed by atoms with Crippen LogP contribution in [0, 0.1) is 13.8 Å². The Morgan fingerprint density at radius 3 is 2.57 bits per heavy atom. The Hall–Kier alpha value is -1.76. The van der Waals surface area contributed by atoms with Crippen LogP contribution in [-0.2, 0) is 0 Å². The number of hydrogen-bond donors (Lipinski definition) is 1. The van der Waals surface area contributed by atoms with Gasteiger partial charge in [0.15, 0.2) is 0 Å². The van der Waals surface area contributed by atoms with E-state index in [1.165, 1.54) is 6.07 Å². The molecule has 0 radical (unpaired) electrons. The number of alkyl halides is 2. The normalized spacial score (nSPS) is 17.6. The van der Waals surface area contributed by atoms with Crippen LogP contribution in [0.1, 0.15) is 24.2 Å². The van der Waals surface area contributed by atoms with E-state index in [2.05, 4.69) is 20.4 Å². The predicted molar refractivity (Wildman–Crippen MR) is 75.2 cm³/mol. The van der Waals surface area contributed by atoms with Crippen LogP contribution >= 0.6 is 11.6 Å². The topological polar surface area (TPSA) is 55.6 Å². The van der Waals surface area contributed by atoms with Crippen LogP contribution in [0.5, 0.6) is 0 Å². The van der Waals surface area contributed by atoms with Gasteiger partial charge in [-0.25, -0.2) is 13.5 Å². The molecule has 3 rings (SSSR count). The molecule has 1 saturated carbocycles. The standard InChI is InChI=1S/C13H14ClF2N5/c1-7-3-8(2)21(20-7)12-18-10(14)4-11(19-12)17-9-5-13(15,16)6-9/h3-4,9H,5-6H2,1-2H3,(H,17,18,19). The lowest BCUT2D eigenvalue weighted by Crippen LogP contribution is -2.44. The third-order valence-corrected chi connectivity index (χ3v) is 3.52. The first-order valence-corrected chi connectivity index (χ1v) is 6.93. The van der Waals surface area contributed by atoms with E-state index in [0.29, 0.717) is 11.8 Å². The van der Waals surface area contributed by atoms with Crippen molar-refractivity contribution in [2.75, 3.05) is 5.32 Å². The number of nitrogens with one attached hydrogen (secondary N) is 1. The Morgan fingerprint density at radius 1 is 1.29 bits per heavy atom. The molecule has 0 unspecified atom stereocenters. The second kappa shape index (κ2) is 4.91. The number of halogens is 3. The Bertz CT molecular complexity index is 677. The van der Waals surface area contributed by atoms with Gasteiger partial charge in [0.05, 0.1) is 5.69 Å². The van der Waals surface area contributed by atoms with Crippen molar-refractivity contribution < 1.29 is 8.78 Å². The quantitative estimate of drug-likeness (QED) is 0.884. The number of aryl methyl sites for hydroxylation is 2. The first-order valence-electron chi connectivity index (χ1n) is 6.55. The number of hydrogen-bond acceptors (Lipinski definition) is 4. The zero-order chi connectivity index (χ0) is 15.2. The molecule has 1 fully saturated rings. The summed E-state index contributed by atoms with van der Waals surface area (Å²) in [5.74, 6) is -1.83. The van der Waals surface area contributed by atoms with Gasteiger partial charge < -0.3 is 5.32 Å². The summed E-state index contributed by atoms with van der Waals surface area (Å²) in [6.07, 6.45) is -0.381. The van der Waals surface area contributed by atoms with Gasteiger partial charge in [-0.15, -0.1) is 0 Å². The molecule has 0 saturated heterocycles. The second-order valence-corrected chi connectivity index (χ2v) is 5.71. The minimum absolute atomic E-state index is 0.191. The minimum Gasteiger partial charge on any atom is -0.367 e. The second-order valence-electron chi connectivity index (χ2n) is 5.32. The molecule has 1 N–H and O–H groups in total. The lowest BCUT2D eigenvalue weighted by molar-refractivity contribution is -0.0794. The van der Waals surface area contributed by atoms with Gasteiger partial charge in [0.1, 0.15) is 11.0 Å². The molecule has 0 aromatic carbocycles. The summed E-state index contributed by atoms with van der Waals surface area (Å²) in [5.41, 5.74) is 1.71. The first-order chi connectivity index (χ1) is 9.82. The summed E-state index contributed by atoms with van der Waals surface area (Å²) >= 11 is 5.98. The highest BCUT2D eigenvalue weighted by Crippen LogP contribution is 2.38. The molecule has 0 aliphatic heterocycles. The largest absolute Gasteiger partial charge is 0.367 e. The van der Waals surface area contributed by atoms with Crippen molar-refractivity contribution in [3.05, 3.63) is 28.7 Å². The zero-order valence-electron chi connectivity index (χ0n) is 11.6. The monoisotopic (exact) mass is 313 g/mol. The van der Waals surface area contributed by atoms with Gasteiger partial charge in [0.25, 0.3) is 11.9 Å². The maximum Gasteiger partial charge on any atom is 0.254 e. The van der Waals surface area contributed by atoms with Crippen LogP contribution in [0.2, 0.25) is 5.15 Å². The molecule has 0 atom stereocenters. The predicted octanol–water partition coefficient (Wildman–Crippen LogP) is 3.14. The van der Waals surface area contributed by atoms with Crippen molar-refractivity contribution in [2.45, 2.75) is 38.7 Å². The molecule has 0 spiro atoms. The Balaban J connectivity index is 1.85. The molecule has 5 nitrogen and oxygen atoms in total. The van der Waals surface area contributed by atoms with Gasteiger partial charge in [-0.2, -0.15) is 15.1 Å². The van der Waals surface area contributed by atoms with Crippen molar-refractivity contribution in [3.63, 3.8) is 0 Å². The van der Waals surface area contributed by atoms with E-state index in [1.54, 1.807) is 4.68 Å². The van der Waals surface area contributed by atoms with E-state index in [4.69, 9.17) is 11.6 Å². The molecular weight excluding hydrogens is 300 g/mol. The lowest BCUT2D eigenvalue weighted by Gasteiger charge is -2.35. The van der Waals surface area contributed by atoms with Gasteiger partial charge in [0.2, 0.25) is 0 Å². The number of aromatic nitrogens is 4. The van der Waals surface area contributed by atoms with Gasteiger partial charge >= 0.3 is 0 Å². The minimum atomic E-state index is -2.58. The average molecular weight is 314 g/mol. The van der Waals surface area contributed by atoms with Crippen LogP contribution in [0.25, 0.3) is 5.95 Å². The number of rotatable bonds is 3. The summed E-state index contributed by atoms with van der Waals surface area (Å²) in [6, 6.07) is 3.12. The third kappa shape index (κ3) is 2.97. The van der Waals surface area contributed by atoms with Crippen molar-refractivity contribution in [1.82, 2.24) is 19.7 Å². The fraction of sp³-hybridized carbons (Fsp3) is 0.462. The molecule has 0 amide bonds. The molecular formula is C13H14ClF2N5. The highest BCUT2D eigenvalue weighted by molar-refractivity contribution is 6.29. The van der Waals surface area contributed by atoms with Gasteiger partial charge in [0, 0.05) is 30.6 Å². The number of anilines is 1. The average Bonchev–Trinajstić information content (AvgIpc) is 2.65. The van der Waals surface area contributed by atoms with Crippen molar-refractivity contribution in [1.29, 1.82) is 0 Å². The maximum absolute atomic E-state index is 12.9. The summed E-state index contributed by atoms with van der Waals surface area (Å²) in [6.45, 7) is 3.74. The molecule has 0 bridgehead atoms. The van der Waals surface area contributed by atoms with Gasteiger partial charge in [-0.05, 0) is 19.9 Å². The third-order valence-electron chi connectivity index (χ3n) is 3.32. The van der Waals surface area contributed by atoms with Crippen LogP contribution in [0.3, 0.4) is 0 Å². The van der Waals surface area contributed by atoms with E-state index in [0.717, 1.165) is 11.4 Å². The van der Waals surface area contributed by atoms with Gasteiger partial charge in [-0.1, -0.05) is 11.6 Å². The SMILES string of the molecule is Cc1cc(C)n(-c2nc(Cl)cc(NC3CC(F)(F)C3)n2)n1. The van der Waals surface area contributed by atoms with Crippen LogP contribution < -0.4 is 5.32 Å². The summed E-state index contributed by atoms with van der Waals surface area (Å²) in [5, 5.41) is 7.48. The summed E-state index contributed by atoms with van der Waals surface area (Å²) in [7, 11) is 0. The van der Waals surface area contributed by atoms with Gasteiger partial charge in [-0.3, -0.25) is 0 Å². The smallest absolute Gasteiger partial charge is 0.254 e. The lowest BCUT2D eigenvalue weighted by atomic mass is 9.88. The Morgan fingerprint density at radius 2 is 2.00 bits per heavy atom. The molecule has 112 valence electrons. The molecule has 2 heterocycles. The van der Waals surface area contributed by atoms with Crippen LogP contribution in [-0.4, -0.2) is 31.7 Å². The first kappa shape index (κ1) is 14.2. The molecule has 2 aromatic heterocycles. The van der Waals surface area contributed by atoms with Crippen molar-refractivity contribution in [3.8, 4) is 5.95 Å². The number of nitrogens with zero attached hydrogens (tertiary/aromatic N) is 4. The summed E-state index contributed by atoms with van der Waals surface area (Å²) in [4.78, 5) is 8.42. The fourth-order valence-electron chi connectivity index (χ4n) is 2.38. The summed E-state index contributed by atoms with van der Waals surface area (Å²) < 4.78 is 27.3. The highest BCUT2D eigenvalue weighted by atomic mass is 35.5. The fourth-order valence-corrected chi connectivity index (χ4v) is 2.56. The van der Waals surface area contributed by atoms with Crippen molar-refractivity contribution in [2.24, 2.45) is 0 Å². The molecule has 1 aliphatic carbocycles. The Labute approximate surface area is 125 Å². The Kier molecular flexibility index (Phi) is 3.32. The van der Waals surface area contributed by atoms with Crippen LogP contribution in [0.15, 0.2) is 12.1 Å². The molecule has 2 aromatic rings. The van der Waals surface area contributed by atoms with Crippen LogP contribution in [0.4, 0.5) is 14.6 Å². The van der Waals surface area contributed by atoms with E-state index in [9.17, 15) is 8.78 Å². The highest BCUT2D eigenvalue weighted by Gasteiger charge is 2.45. The van der Waals surface area contributed by atoms with Crippen molar-refractivity contribution >= 4 is 17.4 Å². The zero-order valence-corrected chi connectivity index (χ0v) is 12.3. The van der Waals surface area contributed by atoms with E-state index >= 15 is 0 Å². The van der Waals surface area contributed by atoms with E-state index in [-0.39, 0.29) is 24.0 Å². The van der Waals surface area contributed by atoms with E-state index in [1.807, 2.05) is 19.9 Å². The molecule has 8 heteroatoms. The molecule has 1 aliphatic rings. The molecule has 21 heavy (non-hydrogen) atoms. The van der Waals surface area contributed by atoms with E-state index < -0.39 is 5.92 Å². The maximum atomic E-state index is 12.9.